The van der Waals surface area contributed by atoms with Gasteiger partial charge in [-0.2, -0.15) is 0 Å². The van der Waals surface area contributed by atoms with Gasteiger partial charge in [-0.1, -0.05) is 0 Å². The molecule has 0 aliphatic carbocycles. The van der Waals surface area contributed by atoms with Gasteiger partial charge in [0.2, 0.25) is 0 Å². The number of amides is 2. The van der Waals surface area contributed by atoms with Gasteiger partial charge in [0.25, 0.3) is 11.8 Å². The molecule has 0 aliphatic heterocycles. The van der Waals surface area contributed by atoms with Crippen LogP contribution in [0.2, 0.25) is 0 Å². The average molecular weight is 365 g/mol. The smallest absolute Gasteiger partial charge is 0.274 e. The first-order valence-corrected chi connectivity index (χ1v) is 8.03. The van der Waals surface area contributed by atoms with Crippen LogP contribution in [0.4, 0.5) is 21.6 Å². The first-order chi connectivity index (χ1) is 13.0. The Balaban J connectivity index is 1.70. The minimum atomic E-state index is -0.443. The van der Waals surface area contributed by atoms with Gasteiger partial charge in [-0.25, -0.2) is 14.4 Å². The lowest BCUT2D eigenvalue weighted by molar-refractivity contribution is 0.0962. The number of rotatable bonds is 5. The highest BCUT2D eigenvalue weighted by molar-refractivity contribution is 6.03. The highest BCUT2D eigenvalue weighted by Crippen LogP contribution is 2.16. The van der Waals surface area contributed by atoms with Gasteiger partial charge >= 0.3 is 0 Å². The molecule has 3 rings (SSSR count). The van der Waals surface area contributed by atoms with Crippen LogP contribution >= 0.6 is 0 Å². The summed E-state index contributed by atoms with van der Waals surface area (Å²) < 4.78 is 12.9. The van der Waals surface area contributed by atoms with Crippen molar-refractivity contribution in [2.45, 2.75) is 0 Å². The minimum absolute atomic E-state index is 0.152. The minimum Gasteiger partial charge on any atom is -0.355 e. The molecule has 0 aliphatic rings. The normalized spacial score (nSPS) is 10.1. The maximum atomic E-state index is 12.9. The molecule has 3 aromatic rings. The Bertz CT molecular complexity index is 959. The summed E-state index contributed by atoms with van der Waals surface area (Å²) >= 11 is 0. The number of hydrogen-bond donors (Lipinski definition) is 3. The van der Waals surface area contributed by atoms with Crippen LogP contribution in [0, 0.1) is 5.82 Å². The van der Waals surface area contributed by atoms with E-state index in [0.29, 0.717) is 22.8 Å². The van der Waals surface area contributed by atoms with Crippen molar-refractivity contribution in [2.75, 3.05) is 17.7 Å². The van der Waals surface area contributed by atoms with Crippen LogP contribution in [0.15, 0.2) is 60.9 Å². The topological polar surface area (TPSA) is 96.0 Å². The van der Waals surface area contributed by atoms with Crippen LogP contribution in [0.1, 0.15) is 20.8 Å². The quantitative estimate of drug-likeness (QED) is 0.646. The molecule has 0 fully saturated rings. The third kappa shape index (κ3) is 4.63. The van der Waals surface area contributed by atoms with Crippen molar-refractivity contribution in [3.8, 4) is 0 Å². The maximum absolute atomic E-state index is 12.9. The van der Waals surface area contributed by atoms with Crippen LogP contribution in [-0.4, -0.2) is 28.8 Å². The van der Waals surface area contributed by atoms with Gasteiger partial charge in [-0.05, 0) is 48.5 Å². The van der Waals surface area contributed by atoms with Crippen molar-refractivity contribution in [1.29, 1.82) is 0 Å². The Hall–Kier alpha value is -3.81. The third-order valence-corrected chi connectivity index (χ3v) is 3.65. The summed E-state index contributed by atoms with van der Waals surface area (Å²) in [5.41, 5.74) is 1.84. The molecule has 0 radical (unpaired) electrons. The molecule has 3 N–H and O–H groups in total. The zero-order chi connectivity index (χ0) is 19.2. The molecule has 7 nitrogen and oxygen atoms in total. The number of nitrogens with zero attached hydrogens (tertiary/aromatic N) is 2. The largest absolute Gasteiger partial charge is 0.355 e. The summed E-state index contributed by atoms with van der Waals surface area (Å²) in [6.07, 6.45) is 1.26. The van der Waals surface area contributed by atoms with E-state index in [1.165, 1.54) is 36.7 Å². The summed E-state index contributed by atoms with van der Waals surface area (Å²) in [5.74, 6) is -0.587. The fraction of sp³-hybridized carbons (Fsp3) is 0.0526. The summed E-state index contributed by atoms with van der Waals surface area (Å²) in [6, 6.07) is 13.7. The number of aromatic nitrogens is 2. The standard InChI is InChI=1S/C19H16FN5O2/c1-21-18(26)12-2-6-14(7-3-12)24-17-10-16(22-11-23-17)19(27)25-15-8-4-13(20)5-9-15/h2-11H,1H3,(H,21,26)(H,25,27)(H,22,23,24). The molecular weight excluding hydrogens is 349 g/mol. The Kier molecular flexibility index (Phi) is 5.36. The molecule has 8 heteroatoms. The first-order valence-electron chi connectivity index (χ1n) is 8.03. The van der Waals surface area contributed by atoms with Crippen LogP contribution in [0.3, 0.4) is 0 Å². The van der Waals surface area contributed by atoms with Crippen molar-refractivity contribution in [2.24, 2.45) is 0 Å². The Labute approximate surface area is 154 Å². The summed E-state index contributed by atoms with van der Waals surface area (Å²) in [7, 11) is 1.56. The highest BCUT2D eigenvalue weighted by atomic mass is 19.1. The zero-order valence-corrected chi connectivity index (χ0v) is 14.4. The Morgan fingerprint density at radius 1 is 0.889 bits per heavy atom. The molecule has 1 aromatic heterocycles. The number of nitrogens with one attached hydrogen (secondary N) is 3. The predicted molar refractivity (Wildman–Crippen MR) is 99.5 cm³/mol. The van der Waals surface area contributed by atoms with E-state index in [0.717, 1.165) is 0 Å². The van der Waals surface area contributed by atoms with E-state index in [-0.39, 0.29) is 17.4 Å². The monoisotopic (exact) mass is 365 g/mol. The summed E-state index contributed by atoms with van der Waals surface area (Å²) in [5, 5.41) is 8.23. The molecule has 0 bridgehead atoms. The van der Waals surface area contributed by atoms with Crippen LogP contribution in [0.25, 0.3) is 0 Å². The molecule has 1 heterocycles. The molecule has 0 saturated heterocycles. The van der Waals surface area contributed by atoms with Crippen molar-refractivity contribution < 1.29 is 14.0 Å². The van der Waals surface area contributed by atoms with Gasteiger partial charge in [0.05, 0.1) is 0 Å². The van der Waals surface area contributed by atoms with E-state index < -0.39 is 5.91 Å². The lowest BCUT2D eigenvalue weighted by Gasteiger charge is -2.08. The van der Waals surface area contributed by atoms with E-state index in [2.05, 4.69) is 25.9 Å². The first kappa shape index (κ1) is 18.0. The maximum Gasteiger partial charge on any atom is 0.274 e. The number of halogens is 1. The molecule has 0 unspecified atom stereocenters. The average Bonchev–Trinajstić information content (AvgIpc) is 2.70. The van der Waals surface area contributed by atoms with E-state index in [1.807, 2.05) is 0 Å². The molecular formula is C19H16FN5O2. The van der Waals surface area contributed by atoms with Crippen LogP contribution in [0.5, 0.6) is 0 Å². The summed E-state index contributed by atoms with van der Waals surface area (Å²) in [6.45, 7) is 0. The van der Waals surface area contributed by atoms with Gasteiger partial charge < -0.3 is 16.0 Å². The van der Waals surface area contributed by atoms with E-state index >= 15 is 0 Å². The second-order valence-corrected chi connectivity index (χ2v) is 5.53. The lowest BCUT2D eigenvalue weighted by atomic mass is 10.2. The molecule has 0 spiro atoms. The SMILES string of the molecule is CNC(=O)c1ccc(Nc2cc(C(=O)Nc3ccc(F)cc3)ncn2)cc1. The Morgan fingerprint density at radius 2 is 1.56 bits per heavy atom. The zero-order valence-electron chi connectivity index (χ0n) is 14.4. The molecule has 0 saturated carbocycles. The molecule has 136 valence electrons. The van der Waals surface area contributed by atoms with Gasteiger partial charge in [0, 0.05) is 30.1 Å². The van der Waals surface area contributed by atoms with E-state index in [4.69, 9.17) is 0 Å². The summed E-state index contributed by atoms with van der Waals surface area (Å²) in [4.78, 5) is 31.9. The second kappa shape index (κ2) is 8.05. The van der Waals surface area contributed by atoms with Crippen LogP contribution in [-0.2, 0) is 0 Å². The van der Waals surface area contributed by atoms with Gasteiger partial charge in [-0.15, -0.1) is 0 Å². The van der Waals surface area contributed by atoms with E-state index in [1.54, 1.807) is 31.3 Å². The van der Waals surface area contributed by atoms with Crippen molar-refractivity contribution in [3.63, 3.8) is 0 Å². The fourth-order valence-corrected chi connectivity index (χ4v) is 2.28. The molecule has 0 atom stereocenters. The van der Waals surface area contributed by atoms with E-state index in [9.17, 15) is 14.0 Å². The van der Waals surface area contributed by atoms with Gasteiger partial charge in [0.1, 0.15) is 23.7 Å². The number of hydrogen-bond acceptors (Lipinski definition) is 5. The van der Waals surface area contributed by atoms with Crippen molar-refractivity contribution in [1.82, 2.24) is 15.3 Å². The van der Waals surface area contributed by atoms with Crippen molar-refractivity contribution in [3.05, 3.63) is 78.0 Å². The molecule has 2 amide bonds. The highest BCUT2D eigenvalue weighted by Gasteiger charge is 2.10. The number of carbonyl (C=O) groups excluding carboxylic acids is 2. The molecule has 2 aromatic carbocycles. The Morgan fingerprint density at radius 3 is 2.22 bits per heavy atom. The lowest BCUT2D eigenvalue weighted by Crippen LogP contribution is -2.17. The number of anilines is 3. The second-order valence-electron chi connectivity index (χ2n) is 5.53. The van der Waals surface area contributed by atoms with Gasteiger partial charge in [0.15, 0.2) is 0 Å². The van der Waals surface area contributed by atoms with Crippen LogP contribution < -0.4 is 16.0 Å². The fourth-order valence-electron chi connectivity index (χ4n) is 2.28. The molecule has 27 heavy (non-hydrogen) atoms. The van der Waals surface area contributed by atoms with Gasteiger partial charge in [-0.3, -0.25) is 9.59 Å². The number of benzene rings is 2. The third-order valence-electron chi connectivity index (χ3n) is 3.65. The van der Waals surface area contributed by atoms with Crippen molar-refractivity contribution >= 4 is 29.0 Å². The predicted octanol–water partition coefficient (Wildman–Crippen LogP) is 2.97. The number of carbonyl (C=O) groups is 2.